The van der Waals surface area contributed by atoms with E-state index >= 15 is 0 Å². The number of rotatable bonds is 9. The number of carbonyl (C=O) groups is 5. The van der Waals surface area contributed by atoms with Gasteiger partial charge >= 0.3 is 0 Å². The van der Waals surface area contributed by atoms with Gasteiger partial charge in [0, 0.05) is 38.2 Å². The minimum atomic E-state index is -0.760. The number of benzene rings is 2. The Bertz CT molecular complexity index is 2400. The standard InChI is InChI=1S/C39H35FN10O5/c40-24-6-1-5-23(17-24)30-8-4-16-47(30)34-15-14-32-42-19-31(48(32)45-34)29-7-2-9-33(44-29)46-21-26(22-46)43-35(51)20-41-25-12-13-27-28(18-25)39(55)50(38(27)54)49-36(52)10-3-11-37(49)53/h1-2,5-7,9,12-15,17-19,26,30,41H,3-4,8,10-11,16,20-22H2,(H,43,51)/t30-/m1/s1. The van der Waals surface area contributed by atoms with Crippen LogP contribution in [0.4, 0.5) is 21.7 Å². The number of amides is 5. The molecule has 0 unspecified atom stereocenters. The van der Waals surface area contributed by atoms with Crippen molar-refractivity contribution >= 4 is 52.5 Å². The molecule has 3 fully saturated rings. The molecule has 16 heteroatoms. The topological polar surface area (TPSA) is 165 Å². The van der Waals surface area contributed by atoms with Gasteiger partial charge in [0.15, 0.2) is 5.65 Å². The minimum Gasteiger partial charge on any atom is -0.376 e. The van der Waals surface area contributed by atoms with Gasteiger partial charge in [-0.2, -0.15) is 10.0 Å². The summed E-state index contributed by atoms with van der Waals surface area (Å²) in [4.78, 5) is 77.4. The molecule has 3 aromatic heterocycles. The number of anilines is 3. The van der Waals surface area contributed by atoms with Crippen LogP contribution < -0.4 is 20.4 Å². The number of pyridine rings is 1. The summed E-state index contributed by atoms with van der Waals surface area (Å²) in [5.74, 6) is -1.66. The Labute approximate surface area is 313 Å². The van der Waals surface area contributed by atoms with E-state index in [0.717, 1.165) is 42.3 Å². The fourth-order valence-corrected chi connectivity index (χ4v) is 7.74. The first-order valence-electron chi connectivity index (χ1n) is 18.2. The van der Waals surface area contributed by atoms with Gasteiger partial charge in [0.2, 0.25) is 17.7 Å². The summed E-state index contributed by atoms with van der Waals surface area (Å²) in [7, 11) is 0. The van der Waals surface area contributed by atoms with Gasteiger partial charge in [-0.15, -0.1) is 5.10 Å². The van der Waals surface area contributed by atoms with Gasteiger partial charge in [-0.05, 0) is 79.4 Å². The van der Waals surface area contributed by atoms with Crippen molar-refractivity contribution in [3.05, 3.63) is 102 Å². The van der Waals surface area contributed by atoms with Gasteiger partial charge in [-0.3, -0.25) is 24.0 Å². The Balaban J connectivity index is 0.816. The van der Waals surface area contributed by atoms with Crippen LogP contribution in [0.3, 0.4) is 0 Å². The lowest BCUT2D eigenvalue weighted by molar-refractivity contribution is -0.160. The van der Waals surface area contributed by atoms with Gasteiger partial charge in [-0.1, -0.05) is 18.2 Å². The molecule has 4 aliphatic heterocycles. The summed E-state index contributed by atoms with van der Waals surface area (Å²) in [6, 6.07) is 20.7. The second-order valence-electron chi connectivity index (χ2n) is 14.1. The van der Waals surface area contributed by atoms with E-state index in [0.29, 0.717) is 46.6 Å². The molecule has 0 aliphatic carbocycles. The van der Waals surface area contributed by atoms with Crippen LogP contribution in [0.15, 0.2) is 79.0 Å². The highest BCUT2D eigenvalue weighted by Crippen LogP contribution is 2.36. The molecule has 0 radical (unpaired) electrons. The maximum atomic E-state index is 14.1. The molecular formula is C39H35FN10O5. The molecule has 15 nitrogen and oxygen atoms in total. The normalized spacial score (nSPS) is 18.7. The van der Waals surface area contributed by atoms with Gasteiger partial charge in [0.25, 0.3) is 11.8 Å². The van der Waals surface area contributed by atoms with Gasteiger partial charge < -0.3 is 20.4 Å². The van der Waals surface area contributed by atoms with E-state index in [1.165, 1.54) is 18.2 Å². The summed E-state index contributed by atoms with van der Waals surface area (Å²) < 4.78 is 15.8. The van der Waals surface area contributed by atoms with Crippen LogP contribution in [-0.2, 0) is 14.4 Å². The lowest BCUT2D eigenvalue weighted by atomic mass is 10.0. The third kappa shape index (κ3) is 6.18. The van der Waals surface area contributed by atoms with Crippen LogP contribution in [0.2, 0.25) is 0 Å². The zero-order valence-electron chi connectivity index (χ0n) is 29.5. The number of imide groups is 2. The molecule has 3 saturated heterocycles. The van der Waals surface area contributed by atoms with E-state index in [9.17, 15) is 28.4 Å². The molecule has 1 atom stereocenters. The molecule has 0 spiro atoms. The first-order valence-corrected chi connectivity index (χ1v) is 18.2. The molecule has 0 bridgehead atoms. The van der Waals surface area contributed by atoms with Crippen molar-refractivity contribution in [2.24, 2.45) is 0 Å². The molecule has 55 heavy (non-hydrogen) atoms. The average molecular weight is 743 g/mol. The van der Waals surface area contributed by atoms with Crippen molar-refractivity contribution in [1.82, 2.24) is 34.9 Å². The summed E-state index contributed by atoms with van der Waals surface area (Å²) in [6.45, 7) is 1.83. The zero-order valence-corrected chi connectivity index (χ0v) is 29.5. The third-order valence-electron chi connectivity index (χ3n) is 10.5. The van der Waals surface area contributed by atoms with Gasteiger partial charge in [0.1, 0.15) is 23.1 Å². The number of piperidine rings is 1. The van der Waals surface area contributed by atoms with Gasteiger partial charge in [0.05, 0.1) is 41.6 Å². The fraction of sp³-hybridized carbons (Fsp3) is 0.282. The van der Waals surface area contributed by atoms with Crippen molar-refractivity contribution in [2.45, 2.75) is 44.2 Å². The highest BCUT2D eigenvalue weighted by Gasteiger charge is 2.45. The number of nitrogens with zero attached hydrogens (tertiary/aromatic N) is 8. The van der Waals surface area contributed by atoms with Crippen LogP contribution >= 0.6 is 0 Å². The molecule has 5 aromatic rings. The Morgan fingerprint density at radius 3 is 2.45 bits per heavy atom. The Hall–Kier alpha value is -6.71. The van der Waals surface area contributed by atoms with E-state index in [-0.39, 0.29) is 54.3 Å². The van der Waals surface area contributed by atoms with E-state index in [1.807, 2.05) is 36.4 Å². The van der Waals surface area contributed by atoms with Gasteiger partial charge in [-0.25, -0.2) is 18.9 Å². The van der Waals surface area contributed by atoms with Crippen LogP contribution in [0.25, 0.3) is 17.0 Å². The van der Waals surface area contributed by atoms with Crippen LogP contribution in [0.1, 0.15) is 64.4 Å². The summed E-state index contributed by atoms with van der Waals surface area (Å²) in [5, 5.41) is 12.2. The summed E-state index contributed by atoms with van der Waals surface area (Å²) in [5.41, 5.74) is 3.60. The van der Waals surface area contributed by atoms with Crippen molar-refractivity contribution in [3.8, 4) is 11.4 Å². The Kier molecular flexibility index (Phi) is 8.43. The molecule has 4 aliphatic rings. The van der Waals surface area contributed by atoms with E-state index < -0.39 is 23.6 Å². The highest BCUT2D eigenvalue weighted by molar-refractivity contribution is 6.23. The van der Waals surface area contributed by atoms with E-state index in [1.54, 1.807) is 28.9 Å². The van der Waals surface area contributed by atoms with Crippen molar-refractivity contribution in [3.63, 3.8) is 0 Å². The average Bonchev–Trinajstić information content (AvgIpc) is 3.89. The van der Waals surface area contributed by atoms with E-state index in [4.69, 9.17) is 10.1 Å². The number of carbonyl (C=O) groups excluding carboxylic acids is 5. The third-order valence-corrected chi connectivity index (χ3v) is 10.5. The second-order valence-corrected chi connectivity index (χ2v) is 14.1. The van der Waals surface area contributed by atoms with Crippen molar-refractivity contribution in [2.75, 3.05) is 41.3 Å². The van der Waals surface area contributed by atoms with E-state index in [2.05, 4.69) is 25.4 Å². The molecule has 2 N–H and O–H groups in total. The molecule has 278 valence electrons. The number of hydrogen-bond acceptors (Lipinski definition) is 11. The molecule has 7 heterocycles. The predicted octanol–water partition coefficient (Wildman–Crippen LogP) is 3.74. The number of aromatic nitrogens is 4. The highest BCUT2D eigenvalue weighted by atomic mass is 19.1. The summed E-state index contributed by atoms with van der Waals surface area (Å²) >= 11 is 0. The van der Waals surface area contributed by atoms with Crippen molar-refractivity contribution in [1.29, 1.82) is 0 Å². The number of halogens is 1. The first kappa shape index (κ1) is 34.1. The lowest BCUT2D eigenvalue weighted by Crippen LogP contribution is -2.60. The number of fused-ring (bicyclic) bond motifs is 2. The monoisotopic (exact) mass is 742 g/mol. The Morgan fingerprint density at radius 1 is 0.836 bits per heavy atom. The second kappa shape index (κ2) is 13.6. The molecule has 0 saturated carbocycles. The number of hydrazine groups is 1. The summed E-state index contributed by atoms with van der Waals surface area (Å²) in [6.07, 6.45) is 4.16. The predicted molar refractivity (Wildman–Crippen MR) is 197 cm³/mol. The molecule has 5 amide bonds. The molecule has 9 rings (SSSR count). The number of nitrogens with one attached hydrogen (secondary N) is 2. The quantitative estimate of drug-likeness (QED) is 0.212. The van der Waals surface area contributed by atoms with Crippen LogP contribution in [-0.4, -0.2) is 91.4 Å². The number of imidazole rings is 1. The first-order chi connectivity index (χ1) is 26.7. The largest absolute Gasteiger partial charge is 0.376 e. The lowest BCUT2D eigenvalue weighted by Gasteiger charge is -2.40. The van der Waals surface area contributed by atoms with Crippen molar-refractivity contribution < 1.29 is 28.4 Å². The maximum Gasteiger partial charge on any atom is 0.281 e. The fourth-order valence-electron chi connectivity index (χ4n) is 7.74. The zero-order chi connectivity index (χ0) is 37.8. The maximum absolute atomic E-state index is 14.1. The number of hydrogen-bond donors (Lipinski definition) is 2. The molecular weight excluding hydrogens is 707 g/mol. The van der Waals surface area contributed by atoms with Crippen LogP contribution in [0.5, 0.6) is 0 Å². The minimum absolute atomic E-state index is 0.0278. The molecule has 2 aromatic carbocycles. The smallest absolute Gasteiger partial charge is 0.281 e. The Morgan fingerprint density at radius 2 is 1.64 bits per heavy atom. The SMILES string of the molecule is O=C(CNc1ccc2c(c1)C(=O)N(N1C(=O)CCCC1=O)C2=O)NC1CN(c2cccc(-c3cnc4ccc(N5CCC[C@@H]5c5cccc(F)c5)nn34)n2)C1. The van der Waals surface area contributed by atoms with Crippen LogP contribution in [0, 0.1) is 5.82 Å².